The van der Waals surface area contributed by atoms with Crippen molar-refractivity contribution in [2.24, 2.45) is 0 Å². The molecule has 0 saturated heterocycles. The van der Waals surface area contributed by atoms with E-state index in [9.17, 15) is 18.0 Å². The highest BCUT2D eigenvalue weighted by Crippen LogP contribution is 2.21. The minimum Gasteiger partial charge on any atom is -0.346 e. The Kier molecular flexibility index (Phi) is 7.80. The number of carbonyl (C=O) groups is 1. The number of amides is 1. The zero-order valence-corrected chi connectivity index (χ0v) is 10.9. The molecule has 0 N–H and O–H groups in total. The highest BCUT2D eigenvalue weighted by atomic mass is 79.9. The van der Waals surface area contributed by atoms with Crippen molar-refractivity contribution in [3.63, 3.8) is 0 Å². The normalized spacial score (nSPS) is 11.6. The zero-order valence-electron chi connectivity index (χ0n) is 9.32. The van der Waals surface area contributed by atoms with E-state index in [1.165, 1.54) is 4.90 Å². The first-order valence-electron chi connectivity index (χ1n) is 5.23. The van der Waals surface area contributed by atoms with E-state index < -0.39 is 24.9 Å². The summed E-state index contributed by atoms with van der Waals surface area (Å²) in [6, 6.07) is 0. The van der Waals surface area contributed by atoms with Gasteiger partial charge >= 0.3 is 6.18 Å². The zero-order chi connectivity index (χ0) is 12.6. The van der Waals surface area contributed by atoms with Crippen molar-refractivity contribution in [1.29, 1.82) is 0 Å². The summed E-state index contributed by atoms with van der Waals surface area (Å²) < 4.78 is 35.6. The monoisotopic (exact) mass is 303 g/mol. The van der Waals surface area contributed by atoms with E-state index in [0.717, 1.165) is 24.6 Å². The van der Waals surface area contributed by atoms with Crippen LogP contribution in [0.3, 0.4) is 0 Å². The molecule has 0 aliphatic heterocycles. The predicted octanol–water partition coefficient (Wildman–Crippen LogP) is 3.35. The van der Waals surface area contributed by atoms with Crippen molar-refractivity contribution in [1.82, 2.24) is 4.90 Å². The van der Waals surface area contributed by atoms with Crippen LogP contribution in [0.25, 0.3) is 0 Å². The van der Waals surface area contributed by atoms with E-state index in [1.807, 2.05) is 0 Å². The van der Waals surface area contributed by atoms with E-state index in [1.54, 1.807) is 7.05 Å². The van der Waals surface area contributed by atoms with Crippen LogP contribution in [0.1, 0.15) is 32.1 Å². The van der Waals surface area contributed by atoms with E-state index >= 15 is 0 Å². The van der Waals surface area contributed by atoms with Crippen LogP contribution < -0.4 is 0 Å². The molecule has 0 heterocycles. The van der Waals surface area contributed by atoms with Gasteiger partial charge in [-0.05, 0) is 12.8 Å². The molecule has 0 atom stereocenters. The van der Waals surface area contributed by atoms with Gasteiger partial charge in [-0.1, -0.05) is 22.4 Å². The second kappa shape index (κ2) is 7.92. The second-order valence-corrected chi connectivity index (χ2v) is 4.47. The van der Waals surface area contributed by atoms with Crippen LogP contribution in [0.5, 0.6) is 0 Å². The molecule has 0 bridgehead atoms. The van der Waals surface area contributed by atoms with Crippen LogP contribution in [0.4, 0.5) is 13.2 Å². The summed E-state index contributed by atoms with van der Waals surface area (Å²) in [5, 5.41) is 0.915. The van der Waals surface area contributed by atoms with Crippen LogP contribution in [0, 0.1) is 0 Å². The van der Waals surface area contributed by atoms with E-state index in [2.05, 4.69) is 15.9 Å². The van der Waals surface area contributed by atoms with Gasteiger partial charge in [-0.15, -0.1) is 0 Å². The third-order valence-electron chi connectivity index (χ3n) is 2.18. The van der Waals surface area contributed by atoms with E-state index in [4.69, 9.17) is 0 Å². The second-order valence-electron chi connectivity index (χ2n) is 3.68. The summed E-state index contributed by atoms with van der Waals surface area (Å²) in [6.45, 7) is 0.531. The Labute approximate surface area is 102 Å². The first-order valence-corrected chi connectivity index (χ1v) is 6.35. The third kappa shape index (κ3) is 9.00. The summed E-state index contributed by atoms with van der Waals surface area (Å²) in [6.07, 6.45) is -2.89. The van der Waals surface area contributed by atoms with Gasteiger partial charge in [0, 0.05) is 25.3 Å². The number of alkyl halides is 4. The minimum atomic E-state index is -4.24. The van der Waals surface area contributed by atoms with Gasteiger partial charge in [0.05, 0.1) is 6.42 Å². The number of hydrogen-bond acceptors (Lipinski definition) is 1. The molecule has 0 aromatic carbocycles. The SMILES string of the molecule is CN(CCCCCBr)C(=O)CCC(F)(F)F. The highest BCUT2D eigenvalue weighted by molar-refractivity contribution is 9.09. The van der Waals surface area contributed by atoms with Crippen molar-refractivity contribution in [2.75, 3.05) is 18.9 Å². The molecule has 0 fully saturated rings. The predicted molar refractivity (Wildman–Crippen MR) is 60.6 cm³/mol. The molecule has 16 heavy (non-hydrogen) atoms. The molecule has 0 saturated carbocycles. The van der Waals surface area contributed by atoms with Crippen LogP contribution in [-0.2, 0) is 4.79 Å². The number of nitrogens with zero attached hydrogens (tertiary/aromatic N) is 1. The van der Waals surface area contributed by atoms with Crippen LogP contribution >= 0.6 is 15.9 Å². The first kappa shape index (κ1) is 15.7. The van der Waals surface area contributed by atoms with Gasteiger partial charge in [0.2, 0.25) is 5.91 Å². The Hall–Kier alpha value is -0.260. The number of rotatable bonds is 7. The van der Waals surface area contributed by atoms with Crippen LogP contribution in [0.2, 0.25) is 0 Å². The number of halogens is 4. The lowest BCUT2D eigenvalue weighted by Crippen LogP contribution is -2.28. The smallest absolute Gasteiger partial charge is 0.346 e. The van der Waals surface area contributed by atoms with E-state index in [0.29, 0.717) is 6.54 Å². The molecule has 96 valence electrons. The molecule has 1 amide bonds. The van der Waals surface area contributed by atoms with Gasteiger partial charge in [-0.2, -0.15) is 13.2 Å². The molecule has 0 rings (SSSR count). The minimum absolute atomic E-state index is 0.434. The van der Waals surface area contributed by atoms with Crippen molar-refractivity contribution in [3.8, 4) is 0 Å². The van der Waals surface area contributed by atoms with Gasteiger partial charge in [0.15, 0.2) is 0 Å². The van der Waals surface area contributed by atoms with Crippen molar-refractivity contribution < 1.29 is 18.0 Å². The van der Waals surface area contributed by atoms with Crippen LogP contribution in [0.15, 0.2) is 0 Å². The molecule has 6 heteroatoms. The molecular weight excluding hydrogens is 287 g/mol. The fraction of sp³-hybridized carbons (Fsp3) is 0.900. The molecule has 0 aliphatic rings. The molecule has 0 aromatic heterocycles. The van der Waals surface area contributed by atoms with Crippen molar-refractivity contribution >= 4 is 21.8 Å². The molecule has 0 aromatic rings. The number of unbranched alkanes of at least 4 members (excludes halogenated alkanes) is 2. The topological polar surface area (TPSA) is 20.3 Å². The van der Waals surface area contributed by atoms with Gasteiger partial charge < -0.3 is 4.90 Å². The van der Waals surface area contributed by atoms with Crippen molar-refractivity contribution in [3.05, 3.63) is 0 Å². The van der Waals surface area contributed by atoms with Gasteiger partial charge in [0.1, 0.15) is 0 Å². The summed E-state index contributed by atoms with van der Waals surface area (Å²) in [5.41, 5.74) is 0. The Bertz CT molecular complexity index is 209. The lowest BCUT2D eigenvalue weighted by atomic mass is 10.2. The molecule has 0 radical (unpaired) electrons. The van der Waals surface area contributed by atoms with Gasteiger partial charge in [-0.25, -0.2) is 0 Å². The largest absolute Gasteiger partial charge is 0.389 e. The summed E-state index contributed by atoms with van der Waals surface area (Å²) in [4.78, 5) is 12.6. The van der Waals surface area contributed by atoms with Gasteiger partial charge in [-0.3, -0.25) is 4.79 Å². The fourth-order valence-electron chi connectivity index (χ4n) is 1.18. The molecule has 0 aliphatic carbocycles. The highest BCUT2D eigenvalue weighted by Gasteiger charge is 2.28. The van der Waals surface area contributed by atoms with Crippen molar-refractivity contribution in [2.45, 2.75) is 38.3 Å². The quantitative estimate of drug-likeness (QED) is 0.522. The first-order chi connectivity index (χ1) is 7.37. The lowest BCUT2D eigenvalue weighted by Gasteiger charge is -2.17. The average molecular weight is 304 g/mol. The van der Waals surface area contributed by atoms with Gasteiger partial charge in [0.25, 0.3) is 0 Å². The van der Waals surface area contributed by atoms with Crippen LogP contribution in [-0.4, -0.2) is 35.9 Å². The fourth-order valence-corrected chi connectivity index (χ4v) is 1.58. The Balaban J connectivity index is 3.65. The molecular formula is C10H17BrF3NO. The number of carbonyl (C=O) groups excluding carboxylic acids is 1. The maximum absolute atomic E-state index is 11.9. The van der Waals surface area contributed by atoms with E-state index in [-0.39, 0.29) is 0 Å². The maximum Gasteiger partial charge on any atom is 0.389 e. The standard InChI is InChI=1S/C10H17BrF3NO/c1-15(8-4-2-3-7-11)9(16)5-6-10(12,13)14/h2-8H2,1H3. The summed E-state index contributed by atoms with van der Waals surface area (Å²) in [5.74, 6) is -0.434. The number of hydrogen-bond donors (Lipinski definition) is 0. The molecule has 0 unspecified atom stereocenters. The molecule has 2 nitrogen and oxygen atoms in total. The maximum atomic E-state index is 11.9. The lowest BCUT2D eigenvalue weighted by molar-refractivity contribution is -0.148. The third-order valence-corrected chi connectivity index (χ3v) is 2.74. The Morgan fingerprint density at radius 2 is 1.88 bits per heavy atom. The summed E-state index contributed by atoms with van der Waals surface area (Å²) in [7, 11) is 1.55. The Morgan fingerprint density at radius 3 is 2.38 bits per heavy atom. The Morgan fingerprint density at radius 1 is 1.25 bits per heavy atom. The average Bonchev–Trinajstić information content (AvgIpc) is 2.19. The summed E-state index contributed by atoms with van der Waals surface area (Å²) >= 11 is 3.29. The molecule has 0 spiro atoms.